The number of nitrogens with one attached hydrogen (secondary N) is 3. The first-order valence-electron chi connectivity index (χ1n) is 9.02. The van der Waals surface area contributed by atoms with Crippen LogP contribution in [0.1, 0.15) is 52.4 Å². The summed E-state index contributed by atoms with van der Waals surface area (Å²) in [5, 5.41) is 17.9. The number of benzene rings is 1. The molecule has 1 heterocycles. The number of hydrogen-bond acceptors (Lipinski definition) is 5. The molecular formula is C19H24N6O2. The fourth-order valence-electron chi connectivity index (χ4n) is 3.48. The molecule has 8 heteroatoms. The third kappa shape index (κ3) is 3.99. The van der Waals surface area contributed by atoms with Gasteiger partial charge in [0.2, 0.25) is 0 Å². The highest BCUT2D eigenvalue weighted by atomic mass is 16.1. The first-order valence-corrected chi connectivity index (χ1v) is 9.02. The molecule has 3 rings (SSSR count). The van der Waals surface area contributed by atoms with E-state index in [2.05, 4.69) is 15.7 Å². The van der Waals surface area contributed by atoms with E-state index in [0.29, 0.717) is 22.6 Å². The van der Waals surface area contributed by atoms with E-state index in [1.165, 1.54) is 6.21 Å². The number of hydrogen-bond donors (Lipinski definition) is 4. The maximum absolute atomic E-state index is 11.9. The summed E-state index contributed by atoms with van der Waals surface area (Å²) in [6, 6.07) is 6.92. The van der Waals surface area contributed by atoms with Crippen molar-refractivity contribution in [1.29, 1.82) is 5.41 Å². The van der Waals surface area contributed by atoms with Crippen LogP contribution in [0, 0.1) is 11.3 Å². The molecule has 1 aliphatic carbocycles. The second-order valence-corrected chi connectivity index (χ2v) is 6.70. The van der Waals surface area contributed by atoms with Gasteiger partial charge in [-0.3, -0.25) is 14.3 Å². The Morgan fingerprint density at radius 1 is 1.26 bits per heavy atom. The normalized spacial score (nSPS) is 19.3. The monoisotopic (exact) mass is 368 g/mol. The van der Waals surface area contributed by atoms with Crippen molar-refractivity contribution in [3.8, 4) is 0 Å². The van der Waals surface area contributed by atoms with Crippen molar-refractivity contribution in [3.63, 3.8) is 0 Å². The van der Waals surface area contributed by atoms with Crippen LogP contribution in [0.2, 0.25) is 0 Å². The van der Waals surface area contributed by atoms with Gasteiger partial charge in [0.1, 0.15) is 5.56 Å². The summed E-state index contributed by atoms with van der Waals surface area (Å²) < 4.78 is 1.76. The van der Waals surface area contributed by atoms with E-state index in [9.17, 15) is 9.59 Å². The Labute approximate surface area is 157 Å². The molecule has 1 aromatic carbocycles. The average molecular weight is 368 g/mol. The Balaban J connectivity index is 1.86. The molecular weight excluding hydrogens is 344 g/mol. The summed E-state index contributed by atoms with van der Waals surface area (Å²) >= 11 is 0. The van der Waals surface area contributed by atoms with Gasteiger partial charge in [-0.05, 0) is 37.1 Å². The molecule has 1 saturated carbocycles. The molecule has 1 aliphatic rings. The van der Waals surface area contributed by atoms with Gasteiger partial charge >= 0.3 is 0 Å². The smallest absolute Gasteiger partial charge is 0.254 e. The molecule has 8 nitrogen and oxygen atoms in total. The zero-order valence-corrected chi connectivity index (χ0v) is 15.2. The second-order valence-electron chi connectivity index (χ2n) is 6.70. The third-order valence-electron chi connectivity index (χ3n) is 4.97. The Morgan fingerprint density at radius 3 is 2.59 bits per heavy atom. The highest BCUT2D eigenvalue weighted by molar-refractivity contribution is 5.98. The van der Waals surface area contributed by atoms with Crippen LogP contribution < -0.4 is 16.4 Å². The Bertz CT molecular complexity index is 842. The van der Waals surface area contributed by atoms with E-state index < -0.39 is 5.91 Å². The molecule has 2 atom stereocenters. The van der Waals surface area contributed by atoms with Gasteiger partial charge in [-0.2, -0.15) is 5.10 Å². The molecule has 0 unspecified atom stereocenters. The molecule has 0 saturated heterocycles. The maximum atomic E-state index is 11.9. The summed E-state index contributed by atoms with van der Waals surface area (Å²) in [5.41, 5.74) is 7.07. The average Bonchev–Trinajstić information content (AvgIpc) is 3.11. The number of nitrogens with two attached hydrogens (primary N) is 1. The van der Waals surface area contributed by atoms with Crippen LogP contribution in [0.15, 0.2) is 30.5 Å². The van der Waals surface area contributed by atoms with Gasteiger partial charge < -0.3 is 21.8 Å². The van der Waals surface area contributed by atoms with Crippen molar-refractivity contribution in [3.05, 3.63) is 41.6 Å². The number of aromatic nitrogens is 2. The quantitative estimate of drug-likeness (QED) is 0.584. The lowest BCUT2D eigenvalue weighted by Crippen LogP contribution is -2.24. The van der Waals surface area contributed by atoms with Gasteiger partial charge in [0.25, 0.3) is 11.8 Å². The van der Waals surface area contributed by atoms with Gasteiger partial charge in [-0.15, -0.1) is 0 Å². The van der Waals surface area contributed by atoms with E-state index >= 15 is 0 Å². The standard InChI is InChI=1S/C19H24N6O2/c1-22-19(27)12-6-8-14(9-7-12)23-18-15(17(21)26)11-25(24-18)16-5-3-2-4-13(16)10-20/h6-11,13,16,20H,2-5H2,1H3,(H2,21,26)(H,22,27)(H,23,24)/t13-,16-/m0/s1. The highest BCUT2D eigenvalue weighted by Crippen LogP contribution is 2.33. The molecule has 27 heavy (non-hydrogen) atoms. The summed E-state index contributed by atoms with van der Waals surface area (Å²) in [5.74, 6) is -0.241. The fraction of sp³-hybridized carbons (Fsp3) is 0.368. The van der Waals surface area contributed by atoms with Gasteiger partial charge in [-0.1, -0.05) is 12.8 Å². The van der Waals surface area contributed by atoms with Crippen molar-refractivity contribution in [2.45, 2.75) is 31.7 Å². The molecule has 142 valence electrons. The van der Waals surface area contributed by atoms with E-state index in [0.717, 1.165) is 25.7 Å². The number of carbonyl (C=O) groups excluding carboxylic acids is 2. The molecule has 1 fully saturated rings. The molecule has 2 amide bonds. The van der Waals surface area contributed by atoms with Crippen molar-refractivity contribution in [1.82, 2.24) is 15.1 Å². The van der Waals surface area contributed by atoms with E-state index in [-0.39, 0.29) is 17.9 Å². The topological polar surface area (TPSA) is 126 Å². The van der Waals surface area contributed by atoms with Crippen molar-refractivity contribution < 1.29 is 9.59 Å². The minimum Gasteiger partial charge on any atom is -0.365 e. The van der Waals surface area contributed by atoms with Crippen molar-refractivity contribution in [2.24, 2.45) is 11.7 Å². The van der Waals surface area contributed by atoms with Crippen LogP contribution in [-0.2, 0) is 0 Å². The molecule has 2 aromatic rings. The third-order valence-corrected chi connectivity index (χ3v) is 4.97. The Hall–Kier alpha value is -3.16. The minimum absolute atomic E-state index is 0.0560. The fourth-order valence-corrected chi connectivity index (χ4v) is 3.48. The number of carbonyl (C=O) groups is 2. The zero-order chi connectivity index (χ0) is 19.4. The predicted molar refractivity (Wildman–Crippen MR) is 104 cm³/mol. The van der Waals surface area contributed by atoms with E-state index in [1.807, 2.05) is 0 Å². The Morgan fingerprint density at radius 2 is 1.96 bits per heavy atom. The molecule has 0 radical (unpaired) electrons. The second kappa shape index (κ2) is 8.03. The lowest BCUT2D eigenvalue weighted by molar-refractivity contribution is 0.0961. The molecule has 5 N–H and O–H groups in total. The zero-order valence-electron chi connectivity index (χ0n) is 15.2. The van der Waals surface area contributed by atoms with Crippen LogP contribution in [0.4, 0.5) is 11.5 Å². The number of rotatable bonds is 6. The largest absolute Gasteiger partial charge is 0.365 e. The van der Waals surface area contributed by atoms with Crippen molar-refractivity contribution in [2.75, 3.05) is 12.4 Å². The summed E-state index contributed by atoms with van der Waals surface area (Å²) in [6.45, 7) is 0. The van der Waals surface area contributed by atoms with Crippen LogP contribution in [-0.4, -0.2) is 34.9 Å². The minimum atomic E-state index is -0.562. The molecule has 0 aliphatic heterocycles. The lowest BCUT2D eigenvalue weighted by Gasteiger charge is -2.28. The number of anilines is 2. The van der Waals surface area contributed by atoms with Gasteiger partial charge in [-0.25, -0.2) is 0 Å². The van der Waals surface area contributed by atoms with Crippen LogP contribution in [0.5, 0.6) is 0 Å². The number of amides is 2. The number of nitrogens with zero attached hydrogens (tertiary/aromatic N) is 2. The molecule has 0 bridgehead atoms. The van der Waals surface area contributed by atoms with Crippen LogP contribution in [0.25, 0.3) is 0 Å². The lowest BCUT2D eigenvalue weighted by atomic mass is 9.85. The van der Waals surface area contributed by atoms with E-state index in [1.54, 1.807) is 42.2 Å². The van der Waals surface area contributed by atoms with Gasteiger partial charge in [0, 0.05) is 36.6 Å². The highest BCUT2D eigenvalue weighted by Gasteiger charge is 2.27. The summed E-state index contributed by atoms with van der Waals surface area (Å²) in [7, 11) is 1.58. The van der Waals surface area contributed by atoms with E-state index in [4.69, 9.17) is 11.1 Å². The maximum Gasteiger partial charge on any atom is 0.254 e. The SMILES string of the molecule is CNC(=O)c1ccc(Nc2nn([C@H]3CCCC[C@H]3C=N)cc2C(N)=O)cc1. The number of primary amides is 1. The van der Waals surface area contributed by atoms with Crippen LogP contribution in [0.3, 0.4) is 0 Å². The summed E-state index contributed by atoms with van der Waals surface area (Å²) in [6.07, 6.45) is 7.17. The first-order chi connectivity index (χ1) is 13.0. The van der Waals surface area contributed by atoms with Crippen molar-refractivity contribution >= 4 is 29.5 Å². The predicted octanol–water partition coefficient (Wildman–Crippen LogP) is 2.47. The van der Waals surface area contributed by atoms with Gasteiger partial charge in [0.15, 0.2) is 5.82 Å². The summed E-state index contributed by atoms with van der Waals surface area (Å²) in [4.78, 5) is 23.5. The molecule has 0 spiro atoms. The first kappa shape index (κ1) is 18.6. The van der Waals surface area contributed by atoms with Crippen LogP contribution >= 0.6 is 0 Å². The Kier molecular flexibility index (Phi) is 5.54. The van der Waals surface area contributed by atoms with Gasteiger partial charge in [0.05, 0.1) is 6.04 Å². The molecule has 1 aromatic heterocycles.